The molecular weight excluding hydrogens is 542 g/mol. The highest BCUT2D eigenvalue weighted by atomic mass is 16.3. The number of para-hydroxylation sites is 2. The first kappa shape index (κ1) is 24.8. The topological polar surface area (TPSA) is 65.0 Å². The summed E-state index contributed by atoms with van der Waals surface area (Å²) in [5.74, 6) is 1.86. The predicted octanol–water partition coefficient (Wildman–Crippen LogP) is 10.00. The standard InChI is InChI=1S/C39H25N3O2/c1-2-11-24(12-3-1)37-40-38(25-21-22-28-27-14-6-8-18-32(27)44-35(28)23-25)42-39(41-37)30-15-5-4-13-26(30)29-17-10-20-34-36(29)31-16-7-9-19-33(31)43-34/h1-23,26,30H. The molecule has 0 amide bonds. The molecular formula is C39H25N3O2. The second-order valence-corrected chi connectivity index (χ2v) is 11.2. The zero-order valence-corrected chi connectivity index (χ0v) is 23.6. The minimum Gasteiger partial charge on any atom is -0.456 e. The van der Waals surface area contributed by atoms with Gasteiger partial charge in [-0.1, -0.05) is 109 Å². The Morgan fingerprint density at radius 3 is 1.93 bits per heavy atom. The molecule has 5 aromatic carbocycles. The fraction of sp³-hybridized carbons (Fsp3) is 0.0513. The van der Waals surface area contributed by atoms with Crippen molar-refractivity contribution in [3.8, 4) is 22.8 Å². The molecule has 0 radical (unpaired) electrons. The number of aromatic nitrogens is 3. The third-order valence-corrected chi connectivity index (χ3v) is 8.55. The summed E-state index contributed by atoms with van der Waals surface area (Å²) >= 11 is 0. The van der Waals surface area contributed by atoms with Gasteiger partial charge in [0.25, 0.3) is 0 Å². The Morgan fingerprint density at radius 2 is 1.09 bits per heavy atom. The Bertz CT molecular complexity index is 2420. The first-order valence-corrected chi connectivity index (χ1v) is 14.8. The number of allylic oxidation sites excluding steroid dienone is 4. The van der Waals surface area contributed by atoms with Crippen molar-refractivity contribution < 1.29 is 8.83 Å². The molecule has 0 saturated heterocycles. The van der Waals surface area contributed by atoms with E-state index in [-0.39, 0.29) is 11.8 Å². The second-order valence-electron chi connectivity index (χ2n) is 11.2. The summed E-state index contributed by atoms with van der Waals surface area (Å²) < 4.78 is 12.5. The minimum absolute atomic E-state index is 0.00133. The van der Waals surface area contributed by atoms with Crippen molar-refractivity contribution in [2.24, 2.45) is 0 Å². The van der Waals surface area contributed by atoms with E-state index in [2.05, 4.69) is 66.8 Å². The fourth-order valence-corrected chi connectivity index (χ4v) is 6.48. The predicted molar refractivity (Wildman–Crippen MR) is 175 cm³/mol. The van der Waals surface area contributed by atoms with Crippen molar-refractivity contribution in [3.05, 3.63) is 151 Å². The van der Waals surface area contributed by atoms with Crippen LogP contribution in [0.1, 0.15) is 23.2 Å². The zero-order chi connectivity index (χ0) is 29.0. The van der Waals surface area contributed by atoms with Crippen LogP contribution in [0.4, 0.5) is 0 Å². The molecule has 0 fully saturated rings. The van der Waals surface area contributed by atoms with Crippen molar-refractivity contribution in [2.45, 2.75) is 11.8 Å². The van der Waals surface area contributed by atoms with Crippen LogP contribution in [0.2, 0.25) is 0 Å². The number of nitrogens with zero attached hydrogens (tertiary/aromatic N) is 3. The van der Waals surface area contributed by atoms with E-state index in [0.717, 1.165) is 55.0 Å². The number of hydrogen-bond acceptors (Lipinski definition) is 5. The molecule has 2 unspecified atom stereocenters. The van der Waals surface area contributed by atoms with E-state index < -0.39 is 0 Å². The third kappa shape index (κ3) is 3.97. The molecule has 3 heterocycles. The lowest BCUT2D eigenvalue weighted by atomic mass is 9.80. The third-order valence-electron chi connectivity index (χ3n) is 8.55. The molecule has 1 aliphatic carbocycles. The van der Waals surface area contributed by atoms with E-state index in [1.165, 1.54) is 5.56 Å². The van der Waals surface area contributed by atoms with Crippen LogP contribution in [-0.4, -0.2) is 15.0 Å². The van der Waals surface area contributed by atoms with Gasteiger partial charge in [0, 0.05) is 44.5 Å². The number of rotatable bonds is 4. The molecule has 2 atom stereocenters. The summed E-state index contributed by atoms with van der Waals surface area (Å²) in [6.07, 6.45) is 8.63. The highest BCUT2D eigenvalue weighted by Crippen LogP contribution is 2.43. The van der Waals surface area contributed by atoms with Gasteiger partial charge < -0.3 is 8.83 Å². The SMILES string of the molecule is C1=CC(c2nc(-c3ccccc3)nc(-c3ccc4c(c3)oc3ccccc34)n2)C(c2cccc3oc4ccccc4c23)C=C1. The normalized spacial score (nSPS) is 16.5. The molecule has 0 spiro atoms. The van der Waals surface area contributed by atoms with Crippen LogP contribution in [0.5, 0.6) is 0 Å². The first-order valence-electron chi connectivity index (χ1n) is 14.8. The Morgan fingerprint density at radius 1 is 0.455 bits per heavy atom. The van der Waals surface area contributed by atoms with Crippen LogP contribution in [0.15, 0.2) is 148 Å². The molecule has 1 aliphatic rings. The van der Waals surface area contributed by atoms with E-state index in [9.17, 15) is 0 Å². The van der Waals surface area contributed by atoms with Gasteiger partial charge in [-0.05, 0) is 35.9 Å². The molecule has 0 saturated carbocycles. The van der Waals surface area contributed by atoms with Gasteiger partial charge >= 0.3 is 0 Å². The Balaban J connectivity index is 1.23. The number of benzene rings is 5. The van der Waals surface area contributed by atoms with Gasteiger partial charge in [0.2, 0.25) is 0 Å². The number of furan rings is 2. The maximum absolute atomic E-state index is 6.24. The quantitative estimate of drug-likeness (QED) is 0.212. The van der Waals surface area contributed by atoms with Crippen LogP contribution < -0.4 is 0 Å². The summed E-state index contributed by atoms with van der Waals surface area (Å²) in [6, 6.07) is 38.9. The van der Waals surface area contributed by atoms with Crippen molar-refractivity contribution >= 4 is 43.9 Å². The Hall–Kier alpha value is -5.81. The molecule has 5 heteroatoms. The largest absolute Gasteiger partial charge is 0.456 e. The van der Waals surface area contributed by atoms with Crippen LogP contribution >= 0.6 is 0 Å². The maximum atomic E-state index is 6.24. The van der Waals surface area contributed by atoms with E-state index in [0.29, 0.717) is 17.5 Å². The van der Waals surface area contributed by atoms with E-state index in [1.54, 1.807) is 0 Å². The molecule has 0 bridgehead atoms. The van der Waals surface area contributed by atoms with Gasteiger partial charge in [-0.3, -0.25) is 0 Å². The highest BCUT2D eigenvalue weighted by molar-refractivity contribution is 6.07. The molecule has 9 rings (SSSR count). The molecule has 208 valence electrons. The van der Waals surface area contributed by atoms with Gasteiger partial charge in [0.1, 0.15) is 28.2 Å². The minimum atomic E-state index is -0.113. The average molecular weight is 568 g/mol. The summed E-state index contributed by atoms with van der Waals surface area (Å²) in [4.78, 5) is 15.2. The monoisotopic (exact) mass is 567 g/mol. The Labute approximate surface area is 252 Å². The van der Waals surface area contributed by atoms with Gasteiger partial charge in [-0.2, -0.15) is 0 Å². The first-order chi connectivity index (χ1) is 21.8. The molecule has 5 nitrogen and oxygen atoms in total. The van der Waals surface area contributed by atoms with Gasteiger partial charge in [-0.15, -0.1) is 0 Å². The molecule has 3 aromatic heterocycles. The van der Waals surface area contributed by atoms with Gasteiger partial charge in [-0.25, -0.2) is 15.0 Å². The summed E-state index contributed by atoms with van der Waals surface area (Å²) in [5, 5.41) is 4.41. The lowest BCUT2D eigenvalue weighted by molar-refractivity contribution is 0.664. The van der Waals surface area contributed by atoms with Gasteiger partial charge in [0.05, 0.1) is 0 Å². The number of fused-ring (bicyclic) bond motifs is 6. The average Bonchev–Trinajstić information content (AvgIpc) is 3.66. The van der Waals surface area contributed by atoms with Gasteiger partial charge in [0.15, 0.2) is 11.6 Å². The van der Waals surface area contributed by atoms with Crippen LogP contribution in [0, 0.1) is 0 Å². The van der Waals surface area contributed by atoms with Crippen molar-refractivity contribution in [3.63, 3.8) is 0 Å². The lowest BCUT2D eigenvalue weighted by Crippen LogP contribution is -2.15. The maximum Gasteiger partial charge on any atom is 0.163 e. The van der Waals surface area contributed by atoms with Crippen LogP contribution in [0.3, 0.4) is 0 Å². The molecule has 8 aromatic rings. The summed E-state index contributed by atoms with van der Waals surface area (Å²) in [5.41, 5.74) is 6.45. The lowest BCUT2D eigenvalue weighted by Gasteiger charge is -2.25. The summed E-state index contributed by atoms with van der Waals surface area (Å²) in [6.45, 7) is 0. The molecule has 0 aliphatic heterocycles. The molecule has 0 N–H and O–H groups in total. The van der Waals surface area contributed by atoms with E-state index in [1.807, 2.05) is 72.8 Å². The fourth-order valence-electron chi connectivity index (χ4n) is 6.48. The van der Waals surface area contributed by atoms with Crippen molar-refractivity contribution in [1.29, 1.82) is 0 Å². The van der Waals surface area contributed by atoms with E-state index >= 15 is 0 Å². The number of hydrogen-bond donors (Lipinski definition) is 0. The Kier molecular flexibility index (Phi) is 5.56. The van der Waals surface area contributed by atoms with Crippen molar-refractivity contribution in [1.82, 2.24) is 15.0 Å². The second kappa shape index (κ2) is 9.89. The smallest absolute Gasteiger partial charge is 0.163 e. The highest BCUT2D eigenvalue weighted by Gasteiger charge is 2.29. The summed E-state index contributed by atoms with van der Waals surface area (Å²) in [7, 11) is 0. The van der Waals surface area contributed by atoms with E-state index in [4.69, 9.17) is 23.8 Å². The van der Waals surface area contributed by atoms with Crippen LogP contribution in [0.25, 0.3) is 66.7 Å². The zero-order valence-electron chi connectivity index (χ0n) is 23.6. The molecule has 44 heavy (non-hydrogen) atoms. The van der Waals surface area contributed by atoms with Crippen LogP contribution in [-0.2, 0) is 0 Å². The van der Waals surface area contributed by atoms with Crippen molar-refractivity contribution in [2.75, 3.05) is 0 Å².